The molecule has 1 fully saturated rings. The molecule has 0 atom stereocenters. The summed E-state index contributed by atoms with van der Waals surface area (Å²) in [6, 6.07) is 4.10. The Morgan fingerprint density at radius 2 is 2.08 bits per heavy atom. The molecule has 1 amide bonds. The van der Waals surface area contributed by atoms with E-state index in [4.69, 9.17) is 0 Å². The maximum Gasteiger partial charge on any atom is 0.264 e. The summed E-state index contributed by atoms with van der Waals surface area (Å²) in [6.07, 6.45) is 7.62. The maximum atomic E-state index is 12.3. The van der Waals surface area contributed by atoms with Gasteiger partial charge < -0.3 is 10.2 Å². The molecule has 1 saturated heterocycles. The number of carbonyl (C=O) groups excluding carboxylic acids is 1. The molecule has 1 N–H and O–H groups in total. The van der Waals surface area contributed by atoms with E-state index in [1.54, 1.807) is 0 Å². The Labute approximate surface area is 146 Å². The highest BCUT2D eigenvalue weighted by Crippen LogP contribution is 2.22. The molecule has 1 aliphatic rings. The van der Waals surface area contributed by atoms with E-state index in [0.29, 0.717) is 10.8 Å². The number of rotatable bonds is 6. The van der Waals surface area contributed by atoms with Crippen LogP contribution < -0.4 is 10.2 Å². The molecule has 128 valence electrons. The van der Waals surface area contributed by atoms with Crippen LogP contribution in [-0.4, -0.2) is 40.1 Å². The Hall–Kier alpha value is -2.02. The van der Waals surface area contributed by atoms with E-state index < -0.39 is 0 Å². The van der Waals surface area contributed by atoms with E-state index in [9.17, 15) is 4.79 Å². The van der Waals surface area contributed by atoms with Gasteiger partial charge in [-0.25, -0.2) is 0 Å². The van der Waals surface area contributed by atoms with Gasteiger partial charge in [-0.3, -0.25) is 9.78 Å². The lowest BCUT2D eigenvalue weighted by Gasteiger charge is -2.33. The number of anilines is 1. The van der Waals surface area contributed by atoms with Crippen LogP contribution in [0.25, 0.3) is 0 Å². The smallest absolute Gasteiger partial charge is 0.264 e. The van der Waals surface area contributed by atoms with Crippen LogP contribution in [0.15, 0.2) is 24.5 Å². The maximum absolute atomic E-state index is 12.3. The molecule has 6 nitrogen and oxygen atoms in total. The lowest BCUT2D eigenvalue weighted by molar-refractivity contribution is 0.0948. The topological polar surface area (TPSA) is 71.0 Å². The SMILES string of the molecule is CCCc1nnsc1C(=O)NCC1CCN(c2ccncc2)CC1. The first kappa shape index (κ1) is 16.8. The average Bonchev–Trinajstić information content (AvgIpc) is 3.10. The Bertz CT molecular complexity index is 652. The van der Waals surface area contributed by atoms with Crippen LogP contribution in [-0.2, 0) is 6.42 Å². The minimum atomic E-state index is -0.0231. The molecule has 24 heavy (non-hydrogen) atoms. The van der Waals surface area contributed by atoms with Crippen molar-refractivity contribution >= 4 is 23.1 Å². The molecule has 0 aliphatic carbocycles. The predicted octanol–water partition coefficient (Wildman–Crippen LogP) is 2.53. The summed E-state index contributed by atoms with van der Waals surface area (Å²) in [4.78, 5) is 19.5. The van der Waals surface area contributed by atoms with Crippen LogP contribution in [0.2, 0.25) is 0 Å². The molecule has 0 aromatic carbocycles. The second-order valence-electron chi connectivity index (χ2n) is 6.14. The Morgan fingerprint density at radius 1 is 1.33 bits per heavy atom. The summed E-state index contributed by atoms with van der Waals surface area (Å²) in [6.45, 7) is 4.85. The first-order valence-corrected chi connectivity index (χ1v) is 9.29. The molecular weight excluding hydrogens is 322 g/mol. The van der Waals surface area contributed by atoms with Gasteiger partial charge in [-0.15, -0.1) is 5.10 Å². The van der Waals surface area contributed by atoms with E-state index in [1.165, 1.54) is 17.2 Å². The zero-order valence-electron chi connectivity index (χ0n) is 13.9. The summed E-state index contributed by atoms with van der Waals surface area (Å²) in [7, 11) is 0. The van der Waals surface area contributed by atoms with Gasteiger partial charge in [0.25, 0.3) is 5.91 Å². The number of hydrogen-bond acceptors (Lipinski definition) is 6. The third-order valence-electron chi connectivity index (χ3n) is 4.44. The van der Waals surface area contributed by atoms with Gasteiger partial charge in [0.1, 0.15) is 4.88 Å². The van der Waals surface area contributed by atoms with Crippen molar-refractivity contribution in [1.82, 2.24) is 19.9 Å². The number of hydrogen-bond donors (Lipinski definition) is 1. The summed E-state index contributed by atoms with van der Waals surface area (Å²) in [5.74, 6) is 0.507. The Kier molecular flexibility index (Phi) is 5.74. The normalized spacial score (nSPS) is 15.5. The van der Waals surface area contributed by atoms with Gasteiger partial charge in [-0.05, 0) is 48.8 Å². The minimum absolute atomic E-state index is 0.0231. The molecule has 0 bridgehead atoms. The average molecular weight is 345 g/mol. The number of pyridine rings is 1. The fourth-order valence-corrected chi connectivity index (χ4v) is 3.67. The third kappa shape index (κ3) is 4.08. The van der Waals surface area contributed by atoms with Crippen molar-refractivity contribution in [3.63, 3.8) is 0 Å². The van der Waals surface area contributed by atoms with E-state index in [-0.39, 0.29) is 5.91 Å². The number of piperidine rings is 1. The van der Waals surface area contributed by atoms with Crippen molar-refractivity contribution in [2.24, 2.45) is 5.92 Å². The van der Waals surface area contributed by atoms with Gasteiger partial charge in [-0.2, -0.15) is 0 Å². The summed E-state index contributed by atoms with van der Waals surface area (Å²) in [5.41, 5.74) is 2.06. The van der Waals surface area contributed by atoms with Crippen LogP contribution in [0.4, 0.5) is 5.69 Å². The highest BCUT2D eigenvalue weighted by molar-refractivity contribution is 7.08. The van der Waals surface area contributed by atoms with Crippen LogP contribution in [0.5, 0.6) is 0 Å². The number of nitrogens with zero attached hydrogens (tertiary/aromatic N) is 4. The summed E-state index contributed by atoms with van der Waals surface area (Å²) in [5, 5.41) is 7.13. The van der Waals surface area contributed by atoms with E-state index in [2.05, 4.69) is 31.7 Å². The zero-order chi connectivity index (χ0) is 16.8. The molecular formula is C17H23N5OS. The first-order valence-electron chi connectivity index (χ1n) is 8.52. The first-order chi connectivity index (χ1) is 11.8. The van der Waals surface area contributed by atoms with Gasteiger partial charge in [-0.1, -0.05) is 17.8 Å². The highest BCUT2D eigenvalue weighted by atomic mass is 32.1. The van der Waals surface area contributed by atoms with E-state index in [1.807, 2.05) is 24.5 Å². The molecule has 3 heterocycles. The van der Waals surface area contributed by atoms with Crippen molar-refractivity contribution in [3.8, 4) is 0 Å². The largest absolute Gasteiger partial charge is 0.371 e. The minimum Gasteiger partial charge on any atom is -0.371 e. The number of nitrogens with one attached hydrogen (secondary N) is 1. The van der Waals surface area contributed by atoms with Gasteiger partial charge >= 0.3 is 0 Å². The molecule has 0 unspecified atom stereocenters. The molecule has 2 aromatic rings. The molecule has 3 rings (SSSR count). The fourth-order valence-electron chi connectivity index (χ4n) is 3.05. The summed E-state index contributed by atoms with van der Waals surface area (Å²) < 4.78 is 3.92. The van der Waals surface area contributed by atoms with Crippen molar-refractivity contribution < 1.29 is 4.79 Å². The van der Waals surface area contributed by atoms with Crippen LogP contribution in [0, 0.1) is 5.92 Å². The lowest BCUT2D eigenvalue weighted by Crippen LogP contribution is -2.38. The quantitative estimate of drug-likeness (QED) is 0.871. The molecule has 0 radical (unpaired) electrons. The lowest BCUT2D eigenvalue weighted by atomic mass is 9.96. The van der Waals surface area contributed by atoms with Gasteiger partial charge in [0.15, 0.2) is 0 Å². The third-order valence-corrected chi connectivity index (χ3v) is 5.21. The Morgan fingerprint density at radius 3 is 2.79 bits per heavy atom. The molecule has 7 heteroatoms. The highest BCUT2D eigenvalue weighted by Gasteiger charge is 2.21. The van der Waals surface area contributed by atoms with Crippen LogP contribution >= 0.6 is 11.5 Å². The van der Waals surface area contributed by atoms with E-state index >= 15 is 0 Å². The number of aryl methyl sites for hydroxylation is 1. The van der Waals surface area contributed by atoms with Crippen molar-refractivity contribution in [1.29, 1.82) is 0 Å². The van der Waals surface area contributed by atoms with Crippen molar-refractivity contribution in [3.05, 3.63) is 35.1 Å². The van der Waals surface area contributed by atoms with E-state index in [0.717, 1.165) is 51.0 Å². The number of carbonyl (C=O) groups is 1. The van der Waals surface area contributed by atoms with Crippen LogP contribution in [0.1, 0.15) is 41.6 Å². The molecule has 0 spiro atoms. The van der Waals surface area contributed by atoms with Crippen molar-refractivity contribution in [2.45, 2.75) is 32.6 Å². The second kappa shape index (κ2) is 8.19. The summed E-state index contributed by atoms with van der Waals surface area (Å²) >= 11 is 1.19. The zero-order valence-corrected chi connectivity index (χ0v) is 14.8. The molecule has 1 aliphatic heterocycles. The molecule has 0 saturated carbocycles. The second-order valence-corrected chi connectivity index (χ2v) is 6.90. The fraction of sp³-hybridized carbons (Fsp3) is 0.529. The number of aromatic nitrogens is 3. The van der Waals surface area contributed by atoms with Gasteiger partial charge in [0.2, 0.25) is 0 Å². The van der Waals surface area contributed by atoms with Crippen LogP contribution in [0.3, 0.4) is 0 Å². The monoisotopic (exact) mass is 345 g/mol. The standard InChI is InChI=1S/C17H23N5OS/c1-2-3-15-16(24-21-20-15)17(23)19-12-13-6-10-22(11-7-13)14-4-8-18-9-5-14/h4-5,8-9,13H,2-3,6-7,10-12H2,1H3,(H,19,23). The number of amides is 1. The van der Waals surface area contributed by atoms with Gasteiger partial charge in [0.05, 0.1) is 5.69 Å². The van der Waals surface area contributed by atoms with Crippen molar-refractivity contribution in [2.75, 3.05) is 24.5 Å². The molecule has 2 aromatic heterocycles. The Balaban J connectivity index is 1.46. The van der Waals surface area contributed by atoms with Gasteiger partial charge in [0, 0.05) is 37.7 Å². The predicted molar refractivity (Wildman–Crippen MR) is 95.4 cm³/mol.